The second-order valence-corrected chi connectivity index (χ2v) is 8.89. The van der Waals surface area contributed by atoms with E-state index in [1.807, 2.05) is 0 Å². The molecular formula is C20H38N4O2. The second kappa shape index (κ2) is 9.00. The maximum absolute atomic E-state index is 12.8. The van der Waals surface area contributed by atoms with Gasteiger partial charge in [-0.1, -0.05) is 0 Å². The normalized spacial score (nSPS) is 32.5. The summed E-state index contributed by atoms with van der Waals surface area (Å²) in [6.07, 6.45) is 2.13. The zero-order valence-electron chi connectivity index (χ0n) is 16.9. The van der Waals surface area contributed by atoms with Crippen molar-refractivity contribution in [2.75, 3.05) is 59.0 Å². The number of aliphatic hydroxyl groups is 1. The van der Waals surface area contributed by atoms with Gasteiger partial charge in [0.05, 0.1) is 5.92 Å². The molecule has 0 aromatic rings. The van der Waals surface area contributed by atoms with Gasteiger partial charge in [0.1, 0.15) is 0 Å². The van der Waals surface area contributed by atoms with Crippen LogP contribution in [-0.2, 0) is 4.79 Å². The zero-order chi connectivity index (χ0) is 18.7. The standard InChI is InChI=1S/C20H38N4O2/c1-15(2)24-12-18(19(13-24)14-25)10-16(3)23-7-4-17(11-23)20(26)22-8-5-21-6-9-22/h15-19,21,25H,4-14H2,1-3H3/t16?,17-,18?,19+/m0/s1. The molecule has 3 heterocycles. The molecule has 6 heteroatoms. The lowest BCUT2D eigenvalue weighted by Crippen LogP contribution is -2.49. The molecule has 0 spiro atoms. The molecule has 0 aromatic carbocycles. The zero-order valence-corrected chi connectivity index (χ0v) is 16.9. The van der Waals surface area contributed by atoms with Crippen LogP contribution in [0.3, 0.4) is 0 Å². The Hall–Kier alpha value is -0.690. The van der Waals surface area contributed by atoms with Crippen molar-refractivity contribution in [3.05, 3.63) is 0 Å². The molecule has 150 valence electrons. The molecular weight excluding hydrogens is 328 g/mol. The largest absolute Gasteiger partial charge is 0.396 e. The van der Waals surface area contributed by atoms with E-state index >= 15 is 0 Å². The molecule has 1 amide bonds. The van der Waals surface area contributed by atoms with Gasteiger partial charge in [-0.2, -0.15) is 0 Å². The minimum Gasteiger partial charge on any atom is -0.396 e. The highest BCUT2D eigenvalue weighted by Crippen LogP contribution is 2.31. The van der Waals surface area contributed by atoms with Crippen LogP contribution in [0.5, 0.6) is 0 Å². The lowest BCUT2D eigenvalue weighted by Gasteiger charge is -2.31. The van der Waals surface area contributed by atoms with Crippen LogP contribution in [0.2, 0.25) is 0 Å². The van der Waals surface area contributed by atoms with Gasteiger partial charge >= 0.3 is 0 Å². The molecule has 3 fully saturated rings. The first-order valence-corrected chi connectivity index (χ1v) is 10.6. The SMILES string of the molecule is CC(C)N1CC(CC(C)N2CC[C@H](C(=O)N3CCNCC3)C2)[C@@H](CO)C1. The number of likely N-dealkylation sites (tertiary alicyclic amines) is 2. The van der Waals surface area contributed by atoms with Crippen LogP contribution in [0, 0.1) is 17.8 Å². The highest BCUT2D eigenvalue weighted by molar-refractivity contribution is 5.79. The van der Waals surface area contributed by atoms with Gasteiger partial charge in [-0.3, -0.25) is 9.69 Å². The van der Waals surface area contributed by atoms with E-state index < -0.39 is 0 Å². The molecule has 4 atom stereocenters. The summed E-state index contributed by atoms with van der Waals surface area (Å²) >= 11 is 0. The van der Waals surface area contributed by atoms with Gasteiger partial charge in [-0.15, -0.1) is 0 Å². The van der Waals surface area contributed by atoms with Crippen molar-refractivity contribution in [1.29, 1.82) is 0 Å². The van der Waals surface area contributed by atoms with Gasteiger partial charge in [-0.05, 0) is 52.0 Å². The fraction of sp³-hybridized carbons (Fsp3) is 0.950. The van der Waals surface area contributed by atoms with E-state index in [-0.39, 0.29) is 5.92 Å². The number of nitrogens with one attached hydrogen (secondary N) is 1. The summed E-state index contributed by atoms with van der Waals surface area (Å²) in [5, 5.41) is 13.1. The second-order valence-electron chi connectivity index (χ2n) is 8.89. The maximum atomic E-state index is 12.8. The van der Waals surface area contributed by atoms with Crippen molar-refractivity contribution in [2.45, 2.75) is 45.7 Å². The Labute approximate surface area is 158 Å². The topological polar surface area (TPSA) is 59.0 Å². The minimum atomic E-state index is 0.180. The number of hydrogen-bond donors (Lipinski definition) is 2. The molecule has 3 saturated heterocycles. The Kier molecular flexibility index (Phi) is 6.94. The number of rotatable bonds is 6. The van der Waals surface area contributed by atoms with E-state index in [0.717, 1.165) is 65.2 Å². The van der Waals surface area contributed by atoms with Gasteiger partial charge in [-0.25, -0.2) is 0 Å². The first kappa shape index (κ1) is 20.1. The van der Waals surface area contributed by atoms with Crippen LogP contribution in [0.4, 0.5) is 0 Å². The molecule has 0 aliphatic carbocycles. The van der Waals surface area contributed by atoms with Gasteiger partial charge < -0.3 is 20.2 Å². The third-order valence-electron chi connectivity index (χ3n) is 6.83. The molecule has 26 heavy (non-hydrogen) atoms. The smallest absolute Gasteiger partial charge is 0.227 e. The van der Waals surface area contributed by atoms with E-state index in [1.54, 1.807) is 0 Å². The third-order valence-corrected chi connectivity index (χ3v) is 6.83. The molecule has 0 saturated carbocycles. The van der Waals surface area contributed by atoms with Gasteiger partial charge in [0.2, 0.25) is 5.91 Å². The molecule has 0 aromatic heterocycles. The molecule has 6 nitrogen and oxygen atoms in total. The molecule has 2 N–H and O–H groups in total. The lowest BCUT2D eigenvalue weighted by atomic mass is 9.90. The van der Waals surface area contributed by atoms with Crippen molar-refractivity contribution in [3.8, 4) is 0 Å². The number of piperazine rings is 1. The number of amides is 1. The highest BCUT2D eigenvalue weighted by atomic mass is 16.3. The Balaban J connectivity index is 1.49. The van der Waals surface area contributed by atoms with Crippen molar-refractivity contribution in [1.82, 2.24) is 20.0 Å². The lowest BCUT2D eigenvalue weighted by molar-refractivity contribution is -0.135. The molecule has 0 bridgehead atoms. The van der Waals surface area contributed by atoms with Gasteiger partial charge in [0.15, 0.2) is 0 Å². The fourth-order valence-electron chi connectivity index (χ4n) is 4.99. The summed E-state index contributed by atoms with van der Waals surface area (Å²) in [7, 11) is 0. The van der Waals surface area contributed by atoms with Crippen LogP contribution in [0.15, 0.2) is 0 Å². The highest BCUT2D eigenvalue weighted by Gasteiger charge is 2.38. The van der Waals surface area contributed by atoms with Crippen LogP contribution >= 0.6 is 0 Å². The van der Waals surface area contributed by atoms with Crippen molar-refractivity contribution in [3.63, 3.8) is 0 Å². The van der Waals surface area contributed by atoms with Crippen LogP contribution in [0.25, 0.3) is 0 Å². The minimum absolute atomic E-state index is 0.180. The van der Waals surface area contributed by atoms with Crippen LogP contribution < -0.4 is 5.32 Å². The summed E-state index contributed by atoms with van der Waals surface area (Å²) in [6.45, 7) is 14.7. The van der Waals surface area contributed by atoms with E-state index in [0.29, 0.717) is 36.4 Å². The van der Waals surface area contributed by atoms with Crippen molar-refractivity contribution in [2.24, 2.45) is 17.8 Å². The number of aliphatic hydroxyl groups excluding tert-OH is 1. The fourth-order valence-corrected chi connectivity index (χ4v) is 4.99. The number of nitrogens with zero attached hydrogens (tertiary/aromatic N) is 3. The summed E-state index contributed by atoms with van der Waals surface area (Å²) in [5.74, 6) is 1.52. The molecule has 3 aliphatic rings. The first-order valence-electron chi connectivity index (χ1n) is 10.6. The molecule has 2 unspecified atom stereocenters. The van der Waals surface area contributed by atoms with Crippen molar-refractivity contribution >= 4 is 5.91 Å². The van der Waals surface area contributed by atoms with Crippen LogP contribution in [-0.4, -0.2) is 96.8 Å². The molecule has 3 aliphatic heterocycles. The number of carbonyl (C=O) groups is 1. The van der Waals surface area contributed by atoms with Gasteiger partial charge in [0, 0.05) is 64.5 Å². The van der Waals surface area contributed by atoms with Crippen molar-refractivity contribution < 1.29 is 9.90 Å². The molecule has 3 rings (SSSR count). The number of carbonyl (C=O) groups excluding carboxylic acids is 1. The third kappa shape index (κ3) is 4.58. The summed E-state index contributed by atoms with van der Waals surface area (Å²) in [4.78, 5) is 19.8. The predicted octanol–water partition coefficient (Wildman–Crippen LogP) is 0.467. The average Bonchev–Trinajstić information content (AvgIpc) is 3.29. The van der Waals surface area contributed by atoms with E-state index in [1.165, 1.54) is 0 Å². The monoisotopic (exact) mass is 366 g/mol. The maximum Gasteiger partial charge on any atom is 0.227 e. The molecule has 0 radical (unpaired) electrons. The number of hydrogen-bond acceptors (Lipinski definition) is 5. The van der Waals surface area contributed by atoms with Crippen LogP contribution in [0.1, 0.15) is 33.6 Å². The van der Waals surface area contributed by atoms with E-state index in [4.69, 9.17) is 0 Å². The Morgan fingerprint density at radius 1 is 1.04 bits per heavy atom. The summed E-state index contributed by atoms with van der Waals surface area (Å²) in [6, 6.07) is 1.04. The predicted molar refractivity (Wildman–Crippen MR) is 104 cm³/mol. The quantitative estimate of drug-likeness (QED) is 0.716. The average molecular weight is 367 g/mol. The van der Waals surface area contributed by atoms with E-state index in [9.17, 15) is 9.90 Å². The Morgan fingerprint density at radius 3 is 2.38 bits per heavy atom. The Bertz CT molecular complexity index is 467. The summed E-state index contributed by atoms with van der Waals surface area (Å²) < 4.78 is 0. The van der Waals surface area contributed by atoms with Gasteiger partial charge in [0.25, 0.3) is 0 Å². The summed E-state index contributed by atoms with van der Waals surface area (Å²) in [5.41, 5.74) is 0. The van der Waals surface area contributed by atoms with E-state index in [2.05, 4.69) is 40.8 Å². The first-order chi connectivity index (χ1) is 12.5. The Morgan fingerprint density at radius 2 is 1.73 bits per heavy atom.